The summed E-state index contributed by atoms with van der Waals surface area (Å²) >= 11 is 0. The first kappa shape index (κ1) is 17.0. The molecule has 1 aromatic carbocycles. The third kappa shape index (κ3) is 4.81. The Morgan fingerprint density at radius 3 is 2.43 bits per heavy atom. The van der Waals surface area contributed by atoms with E-state index in [4.69, 9.17) is 4.74 Å². The number of aryl methyl sites for hydroxylation is 3. The standard InChI is InChI=1S/C19H24N2O2/c1-14-11-16(3)18(12-15(14)2)23-13-19(22)21(4)10-7-17-5-8-20-9-6-17/h5-6,8-9,11-12H,7,10,13H2,1-4H3. The van der Waals surface area contributed by atoms with E-state index in [9.17, 15) is 4.79 Å². The predicted molar refractivity (Wildman–Crippen MR) is 91.7 cm³/mol. The maximum absolute atomic E-state index is 12.2. The first-order valence-corrected chi connectivity index (χ1v) is 7.81. The maximum Gasteiger partial charge on any atom is 0.260 e. The van der Waals surface area contributed by atoms with Crippen molar-refractivity contribution in [3.8, 4) is 5.75 Å². The van der Waals surface area contributed by atoms with E-state index in [2.05, 4.69) is 18.0 Å². The molecule has 0 saturated heterocycles. The van der Waals surface area contributed by atoms with Crippen molar-refractivity contribution in [2.75, 3.05) is 20.2 Å². The Morgan fingerprint density at radius 2 is 1.74 bits per heavy atom. The highest BCUT2D eigenvalue weighted by Gasteiger charge is 2.11. The summed E-state index contributed by atoms with van der Waals surface area (Å²) in [6.07, 6.45) is 4.35. The molecular formula is C19H24N2O2. The Morgan fingerprint density at radius 1 is 1.09 bits per heavy atom. The fraction of sp³-hybridized carbons (Fsp3) is 0.368. The molecule has 0 radical (unpaired) electrons. The van der Waals surface area contributed by atoms with Crippen molar-refractivity contribution in [3.05, 3.63) is 58.9 Å². The van der Waals surface area contributed by atoms with E-state index < -0.39 is 0 Å². The van der Waals surface area contributed by atoms with Gasteiger partial charge in [-0.2, -0.15) is 0 Å². The third-order valence-electron chi connectivity index (χ3n) is 4.05. The van der Waals surface area contributed by atoms with Gasteiger partial charge in [0, 0.05) is 26.0 Å². The SMILES string of the molecule is Cc1cc(C)c(OCC(=O)N(C)CCc2ccncc2)cc1C. The molecule has 0 aliphatic carbocycles. The van der Waals surface area contributed by atoms with Crippen LogP contribution in [0.3, 0.4) is 0 Å². The lowest BCUT2D eigenvalue weighted by Crippen LogP contribution is -2.33. The zero-order valence-electron chi connectivity index (χ0n) is 14.3. The zero-order chi connectivity index (χ0) is 16.8. The summed E-state index contributed by atoms with van der Waals surface area (Å²) in [4.78, 5) is 17.9. The minimum Gasteiger partial charge on any atom is -0.483 e. The fourth-order valence-corrected chi connectivity index (χ4v) is 2.31. The molecule has 0 saturated carbocycles. The number of amides is 1. The Balaban J connectivity index is 1.85. The summed E-state index contributed by atoms with van der Waals surface area (Å²) in [6, 6.07) is 8.01. The van der Waals surface area contributed by atoms with E-state index in [1.807, 2.05) is 32.0 Å². The molecule has 0 atom stereocenters. The van der Waals surface area contributed by atoms with Crippen molar-refractivity contribution < 1.29 is 9.53 Å². The minimum atomic E-state index is -0.0170. The average molecular weight is 312 g/mol. The molecule has 0 spiro atoms. The van der Waals surface area contributed by atoms with Gasteiger partial charge < -0.3 is 9.64 Å². The summed E-state index contributed by atoms with van der Waals surface area (Å²) in [5.74, 6) is 0.765. The molecule has 1 amide bonds. The van der Waals surface area contributed by atoms with Crippen LogP contribution in [0.25, 0.3) is 0 Å². The van der Waals surface area contributed by atoms with Crippen molar-refractivity contribution in [2.45, 2.75) is 27.2 Å². The number of carbonyl (C=O) groups is 1. The van der Waals surface area contributed by atoms with Crippen molar-refractivity contribution >= 4 is 5.91 Å². The van der Waals surface area contributed by atoms with Crippen LogP contribution < -0.4 is 4.74 Å². The van der Waals surface area contributed by atoms with E-state index in [0.29, 0.717) is 6.54 Å². The van der Waals surface area contributed by atoms with Crippen molar-refractivity contribution in [3.63, 3.8) is 0 Å². The number of rotatable bonds is 6. The zero-order valence-corrected chi connectivity index (χ0v) is 14.3. The first-order valence-electron chi connectivity index (χ1n) is 7.81. The van der Waals surface area contributed by atoms with Crippen LogP contribution in [0.15, 0.2) is 36.7 Å². The highest BCUT2D eigenvalue weighted by molar-refractivity contribution is 5.77. The maximum atomic E-state index is 12.2. The summed E-state index contributed by atoms with van der Waals surface area (Å²) in [7, 11) is 1.81. The molecule has 4 heteroatoms. The summed E-state index contributed by atoms with van der Waals surface area (Å²) in [6.45, 7) is 6.85. The van der Waals surface area contributed by atoms with Gasteiger partial charge in [-0.3, -0.25) is 9.78 Å². The number of nitrogens with zero attached hydrogens (tertiary/aromatic N) is 2. The Kier molecular flexibility index (Phi) is 5.74. The number of carbonyl (C=O) groups excluding carboxylic acids is 1. The van der Waals surface area contributed by atoms with Gasteiger partial charge in [0.25, 0.3) is 5.91 Å². The van der Waals surface area contributed by atoms with Crippen LogP contribution in [-0.2, 0) is 11.2 Å². The third-order valence-corrected chi connectivity index (χ3v) is 4.05. The van der Waals surface area contributed by atoms with E-state index >= 15 is 0 Å². The predicted octanol–water partition coefficient (Wildman–Crippen LogP) is 3.09. The number of hydrogen-bond acceptors (Lipinski definition) is 3. The van der Waals surface area contributed by atoms with Crippen LogP contribution in [-0.4, -0.2) is 36.0 Å². The molecule has 0 unspecified atom stereocenters. The number of aromatic nitrogens is 1. The molecule has 4 nitrogen and oxygen atoms in total. The van der Waals surface area contributed by atoms with Gasteiger partial charge in [0.2, 0.25) is 0 Å². The molecule has 2 rings (SSSR count). The number of hydrogen-bond donors (Lipinski definition) is 0. The molecule has 1 aromatic heterocycles. The van der Waals surface area contributed by atoms with Crippen molar-refractivity contribution in [1.29, 1.82) is 0 Å². The average Bonchev–Trinajstić information content (AvgIpc) is 2.55. The quantitative estimate of drug-likeness (QED) is 0.823. The first-order chi connectivity index (χ1) is 11.0. The van der Waals surface area contributed by atoms with Crippen molar-refractivity contribution in [2.24, 2.45) is 0 Å². The molecule has 122 valence electrons. The lowest BCUT2D eigenvalue weighted by Gasteiger charge is -2.18. The molecular weight excluding hydrogens is 288 g/mol. The molecule has 23 heavy (non-hydrogen) atoms. The number of ether oxygens (including phenoxy) is 1. The van der Waals surface area contributed by atoms with E-state index in [1.54, 1.807) is 24.3 Å². The van der Waals surface area contributed by atoms with Gasteiger partial charge in [0.15, 0.2) is 6.61 Å². The number of likely N-dealkylation sites (N-methyl/N-ethyl adjacent to an activating group) is 1. The number of pyridine rings is 1. The lowest BCUT2D eigenvalue weighted by molar-refractivity contribution is -0.132. The fourth-order valence-electron chi connectivity index (χ4n) is 2.31. The highest BCUT2D eigenvalue weighted by atomic mass is 16.5. The molecule has 2 aromatic rings. The largest absolute Gasteiger partial charge is 0.483 e. The van der Waals surface area contributed by atoms with Gasteiger partial charge in [-0.25, -0.2) is 0 Å². The molecule has 0 aliphatic rings. The van der Waals surface area contributed by atoms with Gasteiger partial charge in [-0.05, 0) is 67.6 Å². The molecule has 0 N–H and O–H groups in total. The summed E-state index contributed by atoms with van der Waals surface area (Å²) < 4.78 is 5.71. The molecule has 1 heterocycles. The molecule has 0 aliphatic heterocycles. The second-order valence-corrected chi connectivity index (χ2v) is 5.91. The lowest BCUT2D eigenvalue weighted by atomic mass is 10.1. The van der Waals surface area contributed by atoms with Gasteiger partial charge >= 0.3 is 0 Å². The molecule has 0 bridgehead atoms. The van der Waals surface area contributed by atoms with Gasteiger partial charge in [-0.1, -0.05) is 6.07 Å². The normalized spacial score (nSPS) is 10.4. The number of benzene rings is 1. The highest BCUT2D eigenvalue weighted by Crippen LogP contribution is 2.22. The van der Waals surface area contributed by atoms with E-state index in [-0.39, 0.29) is 12.5 Å². The van der Waals surface area contributed by atoms with Gasteiger partial charge in [-0.15, -0.1) is 0 Å². The van der Waals surface area contributed by atoms with Crippen LogP contribution in [0.4, 0.5) is 0 Å². The summed E-state index contributed by atoms with van der Waals surface area (Å²) in [5, 5.41) is 0. The second-order valence-electron chi connectivity index (χ2n) is 5.91. The Hall–Kier alpha value is -2.36. The topological polar surface area (TPSA) is 42.4 Å². The van der Waals surface area contributed by atoms with Gasteiger partial charge in [0.1, 0.15) is 5.75 Å². The molecule has 0 fully saturated rings. The Labute approximate surface area is 138 Å². The van der Waals surface area contributed by atoms with E-state index in [1.165, 1.54) is 16.7 Å². The van der Waals surface area contributed by atoms with Gasteiger partial charge in [0.05, 0.1) is 0 Å². The minimum absolute atomic E-state index is 0.0170. The second kappa shape index (κ2) is 7.77. The monoisotopic (exact) mass is 312 g/mol. The van der Waals surface area contributed by atoms with E-state index in [0.717, 1.165) is 17.7 Å². The van der Waals surface area contributed by atoms with Crippen LogP contribution in [0.1, 0.15) is 22.3 Å². The van der Waals surface area contributed by atoms with Crippen LogP contribution in [0.2, 0.25) is 0 Å². The van der Waals surface area contributed by atoms with Crippen LogP contribution >= 0.6 is 0 Å². The van der Waals surface area contributed by atoms with Crippen LogP contribution in [0.5, 0.6) is 5.75 Å². The smallest absolute Gasteiger partial charge is 0.260 e. The van der Waals surface area contributed by atoms with Crippen molar-refractivity contribution in [1.82, 2.24) is 9.88 Å². The Bertz CT molecular complexity index is 669. The van der Waals surface area contributed by atoms with Crippen LogP contribution in [0, 0.1) is 20.8 Å². The summed E-state index contributed by atoms with van der Waals surface area (Å²) in [5.41, 5.74) is 4.63.